The van der Waals surface area contributed by atoms with Crippen molar-refractivity contribution in [1.82, 2.24) is 9.80 Å². The molecule has 1 heterocycles. The van der Waals surface area contributed by atoms with Crippen LogP contribution in [0.5, 0.6) is 0 Å². The minimum atomic E-state index is 0.331. The second-order valence-corrected chi connectivity index (χ2v) is 4.55. The van der Waals surface area contributed by atoms with Gasteiger partial charge in [0.2, 0.25) is 0 Å². The summed E-state index contributed by atoms with van der Waals surface area (Å²) in [7, 11) is 4.10. The highest BCUT2D eigenvalue weighted by atomic mass is 16.5. The average Bonchev–Trinajstić information content (AvgIpc) is 2.65. The lowest BCUT2D eigenvalue weighted by Crippen LogP contribution is -2.27. The van der Waals surface area contributed by atoms with Gasteiger partial charge in [0.1, 0.15) is 0 Å². The summed E-state index contributed by atoms with van der Waals surface area (Å²) in [5, 5.41) is 8.99. The van der Waals surface area contributed by atoms with Crippen molar-refractivity contribution < 1.29 is 9.84 Å². The van der Waals surface area contributed by atoms with E-state index in [0.29, 0.717) is 12.5 Å². The summed E-state index contributed by atoms with van der Waals surface area (Å²) in [5.41, 5.74) is 0. The van der Waals surface area contributed by atoms with Gasteiger partial charge >= 0.3 is 0 Å². The summed E-state index contributed by atoms with van der Waals surface area (Å²) in [6.07, 6.45) is 1.13. The van der Waals surface area contributed by atoms with E-state index in [2.05, 4.69) is 23.9 Å². The first-order valence-corrected chi connectivity index (χ1v) is 5.78. The fraction of sp³-hybridized carbons (Fsp3) is 1.00. The van der Waals surface area contributed by atoms with Crippen LogP contribution in [0.4, 0.5) is 0 Å². The van der Waals surface area contributed by atoms with Gasteiger partial charge < -0.3 is 19.6 Å². The van der Waals surface area contributed by atoms with Crippen LogP contribution in [0, 0.1) is 5.92 Å². The Kier molecular flexibility index (Phi) is 6.17. The van der Waals surface area contributed by atoms with Crippen molar-refractivity contribution >= 4 is 0 Å². The molecule has 0 aromatic carbocycles. The Labute approximate surface area is 92.8 Å². The van der Waals surface area contributed by atoms with Crippen LogP contribution in [0.1, 0.15) is 6.42 Å². The number of hydrogen-bond donors (Lipinski definition) is 1. The minimum absolute atomic E-state index is 0.331. The molecule has 1 atom stereocenters. The molecular formula is C11H24N2O2. The van der Waals surface area contributed by atoms with E-state index in [0.717, 1.165) is 45.8 Å². The lowest BCUT2D eigenvalue weighted by Gasteiger charge is -2.16. The largest absolute Gasteiger partial charge is 0.396 e. The molecule has 4 nitrogen and oxygen atoms in total. The third-order valence-corrected chi connectivity index (χ3v) is 2.86. The molecule has 0 radical (unpaired) electrons. The van der Waals surface area contributed by atoms with Crippen LogP contribution in [0.15, 0.2) is 0 Å². The zero-order valence-electron chi connectivity index (χ0n) is 9.98. The molecule has 1 N–H and O–H groups in total. The molecule has 0 aliphatic carbocycles. The monoisotopic (exact) mass is 216 g/mol. The molecule has 0 amide bonds. The molecule has 1 aliphatic heterocycles. The van der Waals surface area contributed by atoms with Gasteiger partial charge in [-0.25, -0.2) is 0 Å². The van der Waals surface area contributed by atoms with Gasteiger partial charge in [-0.2, -0.15) is 0 Å². The molecule has 0 bridgehead atoms. The summed E-state index contributed by atoms with van der Waals surface area (Å²) in [6.45, 7) is 6.09. The van der Waals surface area contributed by atoms with E-state index in [1.165, 1.54) is 0 Å². The third kappa shape index (κ3) is 5.47. The Morgan fingerprint density at radius 2 is 2.20 bits per heavy atom. The number of nitrogens with zero attached hydrogens (tertiary/aromatic N) is 2. The van der Waals surface area contributed by atoms with E-state index in [9.17, 15) is 0 Å². The summed E-state index contributed by atoms with van der Waals surface area (Å²) >= 11 is 0. The third-order valence-electron chi connectivity index (χ3n) is 2.86. The maximum Gasteiger partial charge on any atom is 0.0594 e. The molecule has 0 aromatic heterocycles. The van der Waals surface area contributed by atoms with E-state index in [1.807, 2.05) is 0 Å². The van der Waals surface area contributed by atoms with Gasteiger partial charge in [0.05, 0.1) is 13.2 Å². The molecular weight excluding hydrogens is 192 g/mol. The molecule has 1 fully saturated rings. The smallest absolute Gasteiger partial charge is 0.0594 e. The van der Waals surface area contributed by atoms with E-state index >= 15 is 0 Å². The lowest BCUT2D eigenvalue weighted by atomic mass is 10.1. The molecule has 0 aromatic rings. The molecule has 0 saturated carbocycles. The molecule has 4 heteroatoms. The van der Waals surface area contributed by atoms with Crippen molar-refractivity contribution in [2.24, 2.45) is 5.92 Å². The zero-order chi connectivity index (χ0) is 11.1. The van der Waals surface area contributed by atoms with Gasteiger partial charge in [-0.1, -0.05) is 0 Å². The summed E-state index contributed by atoms with van der Waals surface area (Å²) in [5.74, 6) is 0.492. The van der Waals surface area contributed by atoms with Crippen molar-refractivity contribution in [2.75, 3.05) is 60.1 Å². The van der Waals surface area contributed by atoms with Gasteiger partial charge in [-0.05, 0) is 33.0 Å². The highest BCUT2D eigenvalue weighted by molar-refractivity contribution is 4.74. The van der Waals surface area contributed by atoms with Crippen molar-refractivity contribution in [3.63, 3.8) is 0 Å². The number of likely N-dealkylation sites (N-methyl/N-ethyl adjacent to an activating group) is 1. The van der Waals surface area contributed by atoms with Gasteiger partial charge in [0, 0.05) is 26.2 Å². The Balaban J connectivity index is 1.92. The molecule has 1 aliphatic rings. The van der Waals surface area contributed by atoms with Crippen LogP contribution in [0.2, 0.25) is 0 Å². The standard InChI is InChI=1S/C11H24N2O2/c1-12(2)5-7-15-8-6-13-4-3-11(9-13)10-14/h11,14H,3-10H2,1-2H3. The van der Waals surface area contributed by atoms with Crippen LogP contribution in [-0.4, -0.2) is 75.0 Å². The Hall–Kier alpha value is -0.160. The van der Waals surface area contributed by atoms with Gasteiger partial charge in [0.15, 0.2) is 0 Å². The predicted octanol–water partition coefficient (Wildman–Crippen LogP) is -0.121. The van der Waals surface area contributed by atoms with E-state index < -0.39 is 0 Å². The number of likely N-dealkylation sites (tertiary alicyclic amines) is 1. The zero-order valence-corrected chi connectivity index (χ0v) is 9.98. The summed E-state index contributed by atoms with van der Waals surface area (Å²) in [6, 6.07) is 0. The van der Waals surface area contributed by atoms with Crippen molar-refractivity contribution in [2.45, 2.75) is 6.42 Å². The number of ether oxygens (including phenoxy) is 1. The van der Waals surface area contributed by atoms with Crippen LogP contribution in [0.3, 0.4) is 0 Å². The molecule has 1 unspecified atom stereocenters. The van der Waals surface area contributed by atoms with E-state index in [4.69, 9.17) is 9.84 Å². The average molecular weight is 216 g/mol. The molecule has 15 heavy (non-hydrogen) atoms. The second kappa shape index (κ2) is 7.17. The molecule has 90 valence electrons. The SMILES string of the molecule is CN(C)CCOCCN1CCC(CO)C1. The predicted molar refractivity (Wildman–Crippen MR) is 61.0 cm³/mol. The van der Waals surface area contributed by atoms with Crippen LogP contribution < -0.4 is 0 Å². The summed E-state index contributed by atoms with van der Waals surface area (Å²) in [4.78, 5) is 4.49. The molecule has 1 rings (SSSR count). The second-order valence-electron chi connectivity index (χ2n) is 4.55. The van der Waals surface area contributed by atoms with Gasteiger partial charge in [-0.3, -0.25) is 0 Å². The van der Waals surface area contributed by atoms with E-state index in [-0.39, 0.29) is 0 Å². The number of aliphatic hydroxyl groups is 1. The highest BCUT2D eigenvalue weighted by Gasteiger charge is 2.20. The number of hydrogen-bond acceptors (Lipinski definition) is 4. The van der Waals surface area contributed by atoms with E-state index in [1.54, 1.807) is 0 Å². The lowest BCUT2D eigenvalue weighted by molar-refractivity contribution is 0.0964. The van der Waals surface area contributed by atoms with Crippen LogP contribution in [0.25, 0.3) is 0 Å². The topological polar surface area (TPSA) is 35.9 Å². The van der Waals surface area contributed by atoms with Crippen molar-refractivity contribution in [3.05, 3.63) is 0 Å². The number of rotatable bonds is 7. The van der Waals surface area contributed by atoms with Gasteiger partial charge in [0.25, 0.3) is 0 Å². The molecule has 0 spiro atoms. The number of aliphatic hydroxyl groups excluding tert-OH is 1. The summed E-state index contributed by atoms with van der Waals surface area (Å²) < 4.78 is 5.53. The highest BCUT2D eigenvalue weighted by Crippen LogP contribution is 2.14. The van der Waals surface area contributed by atoms with Crippen molar-refractivity contribution in [3.8, 4) is 0 Å². The van der Waals surface area contributed by atoms with Crippen molar-refractivity contribution in [1.29, 1.82) is 0 Å². The normalized spacial score (nSPS) is 22.8. The fourth-order valence-corrected chi connectivity index (χ4v) is 1.81. The maximum absolute atomic E-state index is 8.99. The minimum Gasteiger partial charge on any atom is -0.396 e. The maximum atomic E-state index is 8.99. The first-order valence-electron chi connectivity index (χ1n) is 5.78. The fourth-order valence-electron chi connectivity index (χ4n) is 1.81. The quantitative estimate of drug-likeness (QED) is 0.602. The van der Waals surface area contributed by atoms with Crippen LogP contribution >= 0.6 is 0 Å². The Morgan fingerprint density at radius 1 is 1.40 bits per heavy atom. The van der Waals surface area contributed by atoms with Crippen LogP contribution in [-0.2, 0) is 4.74 Å². The molecule has 1 saturated heterocycles. The Morgan fingerprint density at radius 3 is 2.80 bits per heavy atom. The first-order chi connectivity index (χ1) is 7.22. The Bertz CT molecular complexity index is 165. The first kappa shape index (κ1) is 12.9. The van der Waals surface area contributed by atoms with Gasteiger partial charge in [-0.15, -0.1) is 0 Å².